The molecule has 20 heavy (non-hydrogen) atoms. The molecule has 104 valence electrons. The van der Waals surface area contributed by atoms with E-state index in [4.69, 9.17) is 4.74 Å². The molecule has 0 fully saturated rings. The molecule has 0 aliphatic carbocycles. The quantitative estimate of drug-likeness (QED) is 0.920. The summed E-state index contributed by atoms with van der Waals surface area (Å²) in [5.41, 5.74) is 4.06. The highest BCUT2D eigenvalue weighted by molar-refractivity contribution is 5.91. The summed E-state index contributed by atoms with van der Waals surface area (Å²) in [6.45, 7) is 6.04. The Balaban J connectivity index is 1.99. The van der Waals surface area contributed by atoms with Gasteiger partial charge in [0.05, 0.1) is 0 Å². The summed E-state index contributed by atoms with van der Waals surface area (Å²) in [5, 5.41) is 2.80. The first-order valence-corrected chi connectivity index (χ1v) is 6.62. The van der Waals surface area contributed by atoms with Crippen LogP contribution in [0, 0.1) is 20.8 Å². The maximum Gasteiger partial charge on any atom is 0.262 e. The molecule has 3 nitrogen and oxygen atoms in total. The number of benzene rings is 2. The molecule has 2 aromatic carbocycles. The van der Waals surface area contributed by atoms with Gasteiger partial charge in [0.25, 0.3) is 5.91 Å². The van der Waals surface area contributed by atoms with Crippen LogP contribution in [0.1, 0.15) is 16.7 Å². The maximum absolute atomic E-state index is 11.9. The van der Waals surface area contributed by atoms with Crippen LogP contribution in [0.25, 0.3) is 0 Å². The van der Waals surface area contributed by atoms with Crippen molar-refractivity contribution >= 4 is 11.6 Å². The number of rotatable bonds is 4. The number of carbonyl (C=O) groups is 1. The molecule has 0 atom stereocenters. The Morgan fingerprint density at radius 3 is 2.35 bits per heavy atom. The van der Waals surface area contributed by atoms with E-state index in [1.165, 1.54) is 0 Å². The monoisotopic (exact) mass is 269 g/mol. The zero-order chi connectivity index (χ0) is 14.5. The van der Waals surface area contributed by atoms with Crippen LogP contribution in [0.2, 0.25) is 0 Å². The molecule has 0 aromatic heterocycles. The van der Waals surface area contributed by atoms with Crippen LogP contribution < -0.4 is 10.1 Å². The van der Waals surface area contributed by atoms with E-state index in [0.29, 0.717) is 0 Å². The molecule has 2 aromatic rings. The van der Waals surface area contributed by atoms with Gasteiger partial charge in [0.1, 0.15) is 5.75 Å². The maximum atomic E-state index is 11.9. The van der Waals surface area contributed by atoms with Crippen LogP contribution in [0.4, 0.5) is 5.69 Å². The summed E-state index contributed by atoms with van der Waals surface area (Å²) in [6.07, 6.45) is 0. The average molecular weight is 269 g/mol. The molecule has 0 saturated heterocycles. The van der Waals surface area contributed by atoms with Crippen molar-refractivity contribution in [2.45, 2.75) is 20.8 Å². The van der Waals surface area contributed by atoms with Gasteiger partial charge in [0.15, 0.2) is 6.61 Å². The second kappa shape index (κ2) is 6.24. The predicted octanol–water partition coefficient (Wildman–Crippen LogP) is 3.63. The van der Waals surface area contributed by atoms with Gasteiger partial charge in [-0.05, 0) is 49.6 Å². The molecule has 2 rings (SSSR count). The van der Waals surface area contributed by atoms with Gasteiger partial charge in [-0.15, -0.1) is 0 Å². The lowest BCUT2D eigenvalue weighted by atomic mass is 10.1. The predicted molar refractivity (Wildman–Crippen MR) is 81.2 cm³/mol. The lowest BCUT2D eigenvalue weighted by Gasteiger charge is -2.13. The minimum Gasteiger partial charge on any atom is -0.483 e. The Morgan fingerprint density at radius 1 is 1.00 bits per heavy atom. The third-order valence-corrected chi connectivity index (χ3v) is 3.28. The van der Waals surface area contributed by atoms with Crippen LogP contribution in [-0.4, -0.2) is 12.5 Å². The fourth-order valence-electron chi connectivity index (χ4n) is 2.00. The minimum absolute atomic E-state index is 0.0139. The third kappa shape index (κ3) is 3.38. The first-order valence-electron chi connectivity index (χ1n) is 6.62. The Morgan fingerprint density at radius 2 is 1.65 bits per heavy atom. The smallest absolute Gasteiger partial charge is 0.262 e. The molecular formula is C17H19NO2. The zero-order valence-electron chi connectivity index (χ0n) is 12.1. The minimum atomic E-state index is -0.156. The lowest BCUT2D eigenvalue weighted by molar-refractivity contribution is -0.118. The molecular weight excluding hydrogens is 250 g/mol. The summed E-state index contributed by atoms with van der Waals surface area (Å²) in [5.74, 6) is 0.643. The highest BCUT2D eigenvalue weighted by Crippen LogP contribution is 2.25. The molecule has 0 bridgehead atoms. The SMILES string of the molecule is Cc1ccc(C)c(OCC(=O)Nc2ccccc2)c1C. The largest absolute Gasteiger partial charge is 0.483 e. The number of nitrogens with one attached hydrogen (secondary N) is 1. The second-order valence-corrected chi connectivity index (χ2v) is 4.86. The molecule has 0 spiro atoms. The fraction of sp³-hybridized carbons (Fsp3) is 0.235. The van der Waals surface area contributed by atoms with Gasteiger partial charge in [-0.1, -0.05) is 30.3 Å². The standard InChI is InChI=1S/C17H19NO2/c1-12-9-10-13(2)17(14(12)3)20-11-16(19)18-15-7-5-4-6-8-15/h4-10H,11H2,1-3H3,(H,18,19). The van der Waals surface area contributed by atoms with Crippen molar-refractivity contribution in [2.24, 2.45) is 0 Å². The Hall–Kier alpha value is -2.29. The van der Waals surface area contributed by atoms with E-state index in [-0.39, 0.29) is 12.5 Å². The van der Waals surface area contributed by atoms with E-state index in [1.807, 2.05) is 57.2 Å². The summed E-state index contributed by atoms with van der Waals surface area (Å²) >= 11 is 0. The first-order chi connectivity index (χ1) is 9.58. The molecule has 1 N–H and O–H groups in total. The van der Waals surface area contributed by atoms with Gasteiger partial charge < -0.3 is 10.1 Å². The molecule has 0 heterocycles. The van der Waals surface area contributed by atoms with E-state index in [9.17, 15) is 4.79 Å². The normalized spacial score (nSPS) is 10.2. The first kappa shape index (κ1) is 14.1. The topological polar surface area (TPSA) is 38.3 Å². The number of aryl methyl sites for hydroxylation is 2. The summed E-state index contributed by atoms with van der Waals surface area (Å²) in [6, 6.07) is 13.4. The Bertz CT molecular complexity index is 606. The van der Waals surface area contributed by atoms with Crippen LogP contribution >= 0.6 is 0 Å². The second-order valence-electron chi connectivity index (χ2n) is 4.86. The van der Waals surface area contributed by atoms with Crippen LogP contribution in [0.3, 0.4) is 0 Å². The molecule has 1 amide bonds. The zero-order valence-corrected chi connectivity index (χ0v) is 12.1. The summed E-state index contributed by atoms with van der Waals surface area (Å²) < 4.78 is 5.67. The van der Waals surface area contributed by atoms with E-state index in [2.05, 4.69) is 11.4 Å². The number of amides is 1. The van der Waals surface area contributed by atoms with Crippen molar-refractivity contribution in [3.05, 3.63) is 59.2 Å². The van der Waals surface area contributed by atoms with Gasteiger partial charge in [-0.25, -0.2) is 0 Å². The van der Waals surface area contributed by atoms with Crippen molar-refractivity contribution < 1.29 is 9.53 Å². The van der Waals surface area contributed by atoms with Crippen LogP contribution in [-0.2, 0) is 4.79 Å². The Labute approximate surface area is 119 Å². The number of anilines is 1. The number of hydrogen-bond donors (Lipinski definition) is 1. The summed E-state index contributed by atoms with van der Waals surface area (Å²) in [4.78, 5) is 11.9. The third-order valence-electron chi connectivity index (χ3n) is 3.28. The number of para-hydroxylation sites is 1. The van der Waals surface area contributed by atoms with Crippen molar-refractivity contribution in [1.29, 1.82) is 0 Å². The average Bonchev–Trinajstić information content (AvgIpc) is 2.44. The molecule has 0 unspecified atom stereocenters. The molecule has 0 aliphatic rings. The van der Waals surface area contributed by atoms with Gasteiger partial charge in [-0.2, -0.15) is 0 Å². The number of carbonyl (C=O) groups excluding carboxylic acids is 1. The van der Waals surface area contributed by atoms with Gasteiger partial charge in [-0.3, -0.25) is 4.79 Å². The molecule has 0 saturated carbocycles. The van der Waals surface area contributed by atoms with E-state index < -0.39 is 0 Å². The Kier molecular flexibility index (Phi) is 4.41. The van der Waals surface area contributed by atoms with Crippen LogP contribution in [0.15, 0.2) is 42.5 Å². The number of ether oxygens (including phenoxy) is 1. The van der Waals surface area contributed by atoms with Gasteiger partial charge in [0.2, 0.25) is 0 Å². The van der Waals surface area contributed by atoms with Crippen molar-refractivity contribution in [3.8, 4) is 5.75 Å². The fourth-order valence-corrected chi connectivity index (χ4v) is 2.00. The van der Waals surface area contributed by atoms with Gasteiger partial charge >= 0.3 is 0 Å². The molecule has 3 heteroatoms. The highest BCUT2D eigenvalue weighted by atomic mass is 16.5. The lowest BCUT2D eigenvalue weighted by Crippen LogP contribution is -2.20. The molecule has 0 aliphatic heterocycles. The van der Waals surface area contributed by atoms with Crippen molar-refractivity contribution in [2.75, 3.05) is 11.9 Å². The van der Waals surface area contributed by atoms with E-state index in [1.54, 1.807) is 0 Å². The highest BCUT2D eigenvalue weighted by Gasteiger charge is 2.09. The van der Waals surface area contributed by atoms with Crippen molar-refractivity contribution in [1.82, 2.24) is 0 Å². The van der Waals surface area contributed by atoms with E-state index >= 15 is 0 Å². The van der Waals surface area contributed by atoms with Crippen LogP contribution in [0.5, 0.6) is 5.75 Å². The van der Waals surface area contributed by atoms with Crippen molar-refractivity contribution in [3.63, 3.8) is 0 Å². The van der Waals surface area contributed by atoms with E-state index in [0.717, 1.165) is 28.1 Å². The van der Waals surface area contributed by atoms with Gasteiger partial charge in [0, 0.05) is 5.69 Å². The number of hydrogen-bond acceptors (Lipinski definition) is 2. The summed E-state index contributed by atoms with van der Waals surface area (Å²) in [7, 11) is 0. The molecule has 0 radical (unpaired) electrons.